The first-order valence-electron chi connectivity index (χ1n) is 7.06. The molecule has 0 spiro atoms. The Bertz CT molecular complexity index is 913. The molecule has 0 aromatic carbocycles. The molecule has 1 amide bonds. The fourth-order valence-corrected chi connectivity index (χ4v) is 2.40. The number of anilines is 1. The van der Waals surface area contributed by atoms with Crippen LogP contribution in [0.4, 0.5) is 19.0 Å². The summed E-state index contributed by atoms with van der Waals surface area (Å²) >= 11 is 0. The zero-order valence-electron chi connectivity index (χ0n) is 12.8. The monoisotopic (exact) mass is 334 g/mol. The van der Waals surface area contributed by atoms with Gasteiger partial charge >= 0.3 is 6.18 Å². The van der Waals surface area contributed by atoms with Crippen LogP contribution in [0.1, 0.15) is 27.3 Å². The zero-order chi connectivity index (χ0) is 17.5. The van der Waals surface area contributed by atoms with Crippen molar-refractivity contribution in [2.24, 2.45) is 0 Å². The summed E-state index contributed by atoms with van der Waals surface area (Å²) in [4.78, 5) is 20.5. The van der Waals surface area contributed by atoms with Gasteiger partial charge in [0, 0.05) is 12.4 Å². The second kappa shape index (κ2) is 5.63. The number of hydrogen-bond acceptors (Lipinski definition) is 3. The molecule has 0 unspecified atom stereocenters. The normalized spacial score (nSPS) is 11.7. The lowest BCUT2D eigenvalue weighted by atomic mass is 10.2. The number of carbonyl (C=O) groups excluding carboxylic acids is 1. The van der Waals surface area contributed by atoms with E-state index in [-0.39, 0.29) is 5.82 Å². The molecule has 3 heterocycles. The van der Waals surface area contributed by atoms with E-state index in [0.29, 0.717) is 23.2 Å². The molecular formula is C16H13F3N4O. The lowest BCUT2D eigenvalue weighted by Crippen LogP contribution is -2.17. The van der Waals surface area contributed by atoms with E-state index in [4.69, 9.17) is 0 Å². The van der Waals surface area contributed by atoms with Crippen molar-refractivity contribution in [1.29, 1.82) is 0 Å². The molecule has 124 valence electrons. The Balaban J connectivity index is 1.91. The number of alkyl halides is 3. The highest BCUT2D eigenvalue weighted by Gasteiger charge is 2.30. The van der Waals surface area contributed by atoms with Gasteiger partial charge in [-0.15, -0.1) is 0 Å². The van der Waals surface area contributed by atoms with Crippen molar-refractivity contribution >= 4 is 17.4 Å². The molecule has 3 aromatic heterocycles. The summed E-state index contributed by atoms with van der Waals surface area (Å²) < 4.78 is 39.2. The SMILES string of the molecule is Cc1nc2c(C)cccn2c1C(=O)Nc1ccc(C(F)(F)F)cn1. The number of hydrogen-bond donors (Lipinski definition) is 1. The molecule has 0 bridgehead atoms. The minimum Gasteiger partial charge on any atom is -0.305 e. The summed E-state index contributed by atoms with van der Waals surface area (Å²) in [5, 5.41) is 2.50. The van der Waals surface area contributed by atoms with E-state index in [0.717, 1.165) is 17.7 Å². The zero-order valence-corrected chi connectivity index (χ0v) is 12.8. The smallest absolute Gasteiger partial charge is 0.305 e. The summed E-state index contributed by atoms with van der Waals surface area (Å²) in [6.07, 6.45) is -2.08. The average molecular weight is 334 g/mol. The molecule has 0 atom stereocenters. The van der Waals surface area contributed by atoms with Crippen molar-refractivity contribution in [1.82, 2.24) is 14.4 Å². The number of pyridine rings is 2. The van der Waals surface area contributed by atoms with Gasteiger partial charge < -0.3 is 5.32 Å². The van der Waals surface area contributed by atoms with Crippen molar-refractivity contribution < 1.29 is 18.0 Å². The number of fused-ring (bicyclic) bond motifs is 1. The largest absolute Gasteiger partial charge is 0.417 e. The fraction of sp³-hybridized carbons (Fsp3) is 0.188. The summed E-state index contributed by atoms with van der Waals surface area (Å²) in [5.74, 6) is -0.451. The minimum absolute atomic E-state index is 0.0370. The Labute approximate surface area is 135 Å². The summed E-state index contributed by atoms with van der Waals surface area (Å²) in [6.45, 7) is 3.57. The van der Waals surface area contributed by atoms with Crippen LogP contribution < -0.4 is 5.32 Å². The molecule has 3 aromatic rings. The number of nitrogens with zero attached hydrogens (tertiary/aromatic N) is 3. The summed E-state index contributed by atoms with van der Waals surface area (Å²) in [6, 6.07) is 5.65. The Morgan fingerprint density at radius 3 is 2.58 bits per heavy atom. The molecule has 0 aliphatic heterocycles. The maximum atomic E-state index is 12.5. The lowest BCUT2D eigenvalue weighted by Gasteiger charge is -2.08. The van der Waals surface area contributed by atoms with Gasteiger partial charge in [-0.25, -0.2) is 9.97 Å². The molecular weight excluding hydrogens is 321 g/mol. The standard InChI is InChI=1S/C16H13F3N4O/c1-9-4-3-7-23-13(10(2)21-14(9)23)15(24)22-12-6-5-11(8-20-12)16(17,18)19/h3-8H,1-2H3,(H,20,22,24). The van der Waals surface area contributed by atoms with Gasteiger partial charge in [0.25, 0.3) is 5.91 Å². The first-order valence-corrected chi connectivity index (χ1v) is 7.06. The fourth-order valence-electron chi connectivity index (χ4n) is 2.40. The van der Waals surface area contributed by atoms with Crippen molar-refractivity contribution in [3.63, 3.8) is 0 Å². The van der Waals surface area contributed by atoms with Gasteiger partial charge in [-0.05, 0) is 37.6 Å². The van der Waals surface area contributed by atoms with Crippen LogP contribution in [0, 0.1) is 13.8 Å². The Morgan fingerprint density at radius 2 is 1.96 bits per heavy atom. The molecule has 0 aliphatic carbocycles. The van der Waals surface area contributed by atoms with Crippen LogP contribution in [0.15, 0.2) is 36.7 Å². The van der Waals surface area contributed by atoms with Crippen molar-refractivity contribution in [3.05, 3.63) is 59.2 Å². The number of amides is 1. The highest BCUT2D eigenvalue weighted by molar-refractivity contribution is 6.04. The Kier molecular flexibility index (Phi) is 3.75. The molecule has 24 heavy (non-hydrogen) atoms. The molecule has 0 radical (unpaired) electrons. The maximum Gasteiger partial charge on any atom is 0.417 e. The van der Waals surface area contributed by atoms with Crippen LogP contribution in [0.2, 0.25) is 0 Å². The molecule has 0 fully saturated rings. The van der Waals surface area contributed by atoms with Crippen LogP contribution in [-0.2, 0) is 6.18 Å². The minimum atomic E-state index is -4.47. The van der Waals surface area contributed by atoms with E-state index in [1.807, 2.05) is 13.0 Å². The van der Waals surface area contributed by atoms with Gasteiger partial charge in [0.2, 0.25) is 0 Å². The van der Waals surface area contributed by atoms with Gasteiger partial charge in [0.15, 0.2) is 0 Å². The second-order valence-electron chi connectivity index (χ2n) is 5.31. The third-order valence-electron chi connectivity index (χ3n) is 3.57. The van der Waals surface area contributed by atoms with Gasteiger partial charge in [-0.1, -0.05) is 6.07 Å². The van der Waals surface area contributed by atoms with E-state index >= 15 is 0 Å². The van der Waals surface area contributed by atoms with Crippen LogP contribution in [0.25, 0.3) is 5.65 Å². The number of imidazole rings is 1. The predicted molar refractivity (Wildman–Crippen MR) is 81.9 cm³/mol. The number of halogens is 3. The number of nitrogens with one attached hydrogen (secondary N) is 1. The number of rotatable bonds is 2. The predicted octanol–water partition coefficient (Wildman–Crippen LogP) is 3.62. The van der Waals surface area contributed by atoms with Gasteiger partial charge in [0.1, 0.15) is 17.2 Å². The molecule has 3 rings (SSSR count). The third kappa shape index (κ3) is 2.82. The highest BCUT2D eigenvalue weighted by Crippen LogP contribution is 2.29. The van der Waals surface area contributed by atoms with Crippen molar-refractivity contribution in [2.45, 2.75) is 20.0 Å². The quantitative estimate of drug-likeness (QED) is 0.779. The first-order chi connectivity index (χ1) is 11.3. The van der Waals surface area contributed by atoms with Crippen molar-refractivity contribution in [2.75, 3.05) is 5.32 Å². The molecule has 1 N–H and O–H groups in total. The Morgan fingerprint density at radius 1 is 1.21 bits per heavy atom. The molecule has 0 saturated carbocycles. The van der Waals surface area contributed by atoms with Gasteiger partial charge in [0.05, 0.1) is 11.3 Å². The Hall–Kier alpha value is -2.90. The first kappa shape index (κ1) is 16.0. The topological polar surface area (TPSA) is 59.3 Å². The molecule has 8 heteroatoms. The molecule has 5 nitrogen and oxygen atoms in total. The second-order valence-corrected chi connectivity index (χ2v) is 5.31. The third-order valence-corrected chi connectivity index (χ3v) is 3.57. The number of aryl methyl sites for hydroxylation is 2. The average Bonchev–Trinajstić information content (AvgIpc) is 2.84. The molecule has 0 aliphatic rings. The van der Waals surface area contributed by atoms with E-state index in [2.05, 4.69) is 15.3 Å². The van der Waals surface area contributed by atoms with E-state index in [9.17, 15) is 18.0 Å². The van der Waals surface area contributed by atoms with Crippen LogP contribution in [-0.4, -0.2) is 20.3 Å². The number of carbonyl (C=O) groups is 1. The van der Waals surface area contributed by atoms with Gasteiger partial charge in [-0.2, -0.15) is 13.2 Å². The lowest BCUT2D eigenvalue weighted by molar-refractivity contribution is -0.137. The number of aromatic nitrogens is 3. The van der Waals surface area contributed by atoms with Gasteiger partial charge in [-0.3, -0.25) is 9.20 Å². The summed E-state index contributed by atoms with van der Waals surface area (Å²) in [7, 11) is 0. The van der Waals surface area contributed by atoms with Crippen LogP contribution in [0.5, 0.6) is 0 Å². The molecule has 0 saturated heterocycles. The summed E-state index contributed by atoms with van der Waals surface area (Å²) in [5.41, 5.74) is 1.53. The van der Waals surface area contributed by atoms with E-state index < -0.39 is 17.6 Å². The van der Waals surface area contributed by atoms with E-state index in [1.54, 1.807) is 23.6 Å². The van der Waals surface area contributed by atoms with E-state index in [1.165, 1.54) is 0 Å². The highest BCUT2D eigenvalue weighted by atomic mass is 19.4. The van der Waals surface area contributed by atoms with Crippen LogP contribution >= 0.6 is 0 Å². The van der Waals surface area contributed by atoms with Crippen molar-refractivity contribution in [3.8, 4) is 0 Å². The maximum absolute atomic E-state index is 12.5. The van der Waals surface area contributed by atoms with Crippen LogP contribution in [0.3, 0.4) is 0 Å².